The first-order valence-corrected chi connectivity index (χ1v) is 6.36. The zero-order valence-corrected chi connectivity index (χ0v) is 11.4. The number of pyridine rings is 1. The molecule has 0 amide bonds. The van der Waals surface area contributed by atoms with Gasteiger partial charge in [-0.2, -0.15) is 0 Å². The standard InChI is InChI=1S/C14H17FN2O2/c1-4-5-6-19-14(18)12-10(3)16-13-9(2)7-11(15)8-17(12)13/h7-8H,4-6H2,1-3H3. The highest BCUT2D eigenvalue weighted by molar-refractivity contribution is 5.90. The van der Waals surface area contributed by atoms with Crippen molar-refractivity contribution in [1.29, 1.82) is 0 Å². The molecule has 2 rings (SSSR count). The normalized spacial score (nSPS) is 10.9. The molecule has 2 heterocycles. The number of esters is 1. The topological polar surface area (TPSA) is 43.6 Å². The van der Waals surface area contributed by atoms with Crippen LogP contribution in [0.1, 0.15) is 41.5 Å². The molecule has 102 valence electrons. The molecule has 5 heteroatoms. The predicted molar refractivity (Wildman–Crippen MR) is 69.8 cm³/mol. The summed E-state index contributed by atoms with van der Waals surface area (Å²) in [7, 11) is 0. The van der Waals surface area contributed by atoms with E-state index in [2.05, 4.69) is 4.98 Å². The van der Waals surface area contributed by atoms with Crippen LogP contribution in [0.3, 0.4) is 0 Å². The summed E-state index contributed by atoms with van der Waals surface area (Å²) in [5, 5.41) is 0. The molecule has 0 aliphatic rings. The minimum Gasteiger partial charge on any atom is -0.461 e. The lowest BCUT2D eigenvalue weighted by atomic mass is 10.3. The summed E-state index contributed by atoms with van der Waals surface area (Å²) in [5.41, 5.74) is 2.13. The van der Waals surface area contributed by atoms with Crippen LogP contribution in [0.15, 0.2) is 12.3 Å². The summed E-state index contributed by atoms with van der Waals surface area (Å²) in [5.74, 6) is -0.853. The number of hydrogen-bond donors (Lipinski definition) is 0. The molecule has 0 radical (unpaired) electrons. The van der Waals surface area contributed by atoms with Crippen LogP contribution in [0.2, 0.25) is 0 Å². The Morgan fingerprint density at radius 1 is 1.47 bits per heavy atom. The Morgan fingerprint density at radius 3 is 2.89 bits per heavy atom. The first-order valence-electron chi connectivity index (χ1n) is 6.36. The fourth-order valence-electron chi connectivity index (χ4n) is 2.01. The lowest BCUT2D eigenvalue weighted by Crippen LogP contribution is -2.11. The monoisotopic (exact) mass is 264 g/mol. The predicted octanol–water partition coefficient (Wildman–Crippen LogP) is 3.05. The van der Waals surface area contributed by atoms with Gasteiger partial charge in [-0.25, -0.2) is 14.2 Å². The van der Waals surface area contributed by atoms with Crippen molar-refractivity contribution in [3.8, 4) is 0 Å². The number of aromatic nitrogens is 2. The molecule has 0 bridgehead atoms. The summed E-state index contributed by atoms with van der Waals surface area (Å²) < 4.78 is 20.1. The second-order valence-electron chi connectivity index (χ2n) is 4.57. The van der Waals surface area contributed by atoms with Crippen LogP contribution < -0.4 is 0 Å². The van der Waals surface area contributed by atoms with Gasteiger partial charge in [-0.15, -0.1) is 0 Å². The van der Waals surface area contributed by atoms with Gasteiger partial charge in [-0.1, -0.05) is 13.3 Å². The number of carbonyl (C=O) groups excluding carboxylic acids is 1. The van der Waals surface area contributed by atoms with E-state index in [1.54, 1.807) is 13.8 Å². The Balaban J connectivity index is 2.42. The maximum Gasteiger partial charge on any atom is 0.357 e. The Hall–Kier alpha value is -1.91. The van der Waals surface area contributed by atoms with Gasteiger partial charge in [0.2, 0.25) is 0 Å². The molecule has 0 aromatic carbocycles. The van der Waals surface area contributed by atoms with E-state index in [0.717, 1.165) is 12.8 Å². The lowest BCUT2D eigenvalue weighted by molar-refractivity contribution is 0.0490. The molecule has 0 fully saturated rings. The van der Waals surface area contributed by atoms with Crippen LogP contribution in [0.5, 0.6) is 0 Å². The second kappa shape index (κ2) is 5.38. The van der Waals surface area contributed by atoms with Crippen molar-refractivity contribution in [2.45, 2.75) is 33.6 Å². The number of imidazole rings is 1. The molecule has 0 spiro atoms. The highest BCUT2D eigenvalue weighted by Crippen LogP contribution is 2.17. The van der Waals surface area contributed by atoms with E-state index in [4.69, 9.17) is 4.74 Å². The molecular formula is C14H17FN2O2. The Bertz CT molecular complexity index is 619. The fourth-order valence-corrected chi connectivity index (χ4v) is 2.01. The van der Waals surface area contributed by atoms with Gasteiger partial charge < -0.3 is 4.74 Å². The highest BCUT2D eigenvalue weighted by Gasteiger charge is 2.19. The first-order chi connectivity index (χ1) is 9.04. The van der Waals surface area contributed by atoms with E-state index in [1.807, 2.05) is 6.92 Å². The Labute approximate surface area is 111 Å². The maximum absolute atomic E-state index is 13.5. The average molecular weight is 264 g/mol. The number of halogens is 1. The molecule has 0 aliphatic carbocycles. The smallest absolute Gasteiger partial charge is 0.357 e. The number of fused-ring (bicyclic) bond motifs is 1. The van der Waals surface area contributed by atoms with Crippen LogP contribution in [-0.2, 0) is 4.74 Å². The van der Waals surface area contributed by atoms with E-state index in [9.17, 15) is 9.18 Å². The Kier molecular flexibility index (Phi) is 3.83. The number of ether oxygens (including phenoxy) is 1. The van der Waals surface area contributed by atoms with Gasteiger partial charge in [0.15, 0.2) is 5.69 Å². The van der Waals surface area contributed by atoms with Crippen molar-refractivity contribution in [3.05, 3.63) is 35.0 Å². The minimum atomic E-state index is -0.455. The molecule has 0 saturated carbocycles. The van der Waals surface area contributed by atoms with Crippen LogP contribution in [0, 0.1) is 19.7 Å². The molecular weight excluding hydrogens is 247 g/mol. The number of rotatable bonds is 4. The summed E-state index contributed by atoms with van der Waals surface area (Å²) in [6.07, 6.45) is 3.03. The average Bonchev–Trinajstić information content (AvgIpc) is 2.66. The van der Waals surface area contributed by atoms with Crippen LogP contribution in [0.4, 0.5) is 4.39 Å². The van der Waals surface area contributed by atoms with Gasteiger partial charge in [-0.3, -0.25) is 4.40 Å². The summed E-state index contributed by atoms with van der Waals surface area (Å²) in [6.45, 7) is 5.88. The third kappa shape index (κ3) is 2.59. The SMILES string of the molecule is CCCCOC(=O)c1c(C)nc2c(C)cc(F)cn12. The van der Waals surface area contributed by atoms with E-state index in [1.165, 1.54) is 16.7 Å². The number of nitrogens with zero attached hydrogens (tertiary/aromatic N) is 2. The van der Waals surface area contributed by atoms with Crippen molar-refractivity contribution < 1.29 is 13.9 Å². The Morgan fingerprint density at radius 2 is 2.21 bits per heavy atom. The van der Waals surface area contributed by atoms with Gasteiger partial charge in [0.1, 0.15) is 11.5 Å². The quantitative estimate of drug-likeness (QED) is 0.629. The van der Waals surface area contributed by atoms with Crippen molar-refractivity contribution in [1.82, 2.24) is 9.38 Å². The van der Waals surface area contributed by atoms with E-state index in [-0.39, 0.29) is 0 Å². The zero-order valence-electron chi connectivity index (χ0n) is 11.4. The molecule has 0 unspecified atom stereocenters. The van der Waals surface area contributed by atoms with E-state index >= 15 is 0 Å². The van der Waals surface area contributed by atoms with Gasteiger partial charge in [0.25, 0.3) is 0 Å². The molecule has 0 N–H and O–H groups in total. The third-order valence-corrected chi connectivity index (χ3v) is 2.97. The number of aryl methyl sites for hydroxylation is 2. The third-order valence-electron chi connectivity index (χ3n) is 2.97. The molecule has 0 aliphatic heterocycles. The number of carbonyl (C=O) groups is 1. The molecule has 0 atom stereocenters. The van der Waals surface area contributed by atoms with E-state index in [0.29, 0.717) is 29.2 Å². The summed E-state index contributed by atoms with van der Waals surface area (Å²) >= 11 is 0. The van der Waals surface area contributed by atoms with E-state index < -0.39 is 11.8 Å². The van der Waals surface area contributed by atoms with Crippen molar-refractivity contribution >= 4 is 11.6 Å². The zero-order chi connectivity index (χ0) is 14.0. The van der Waals surface area contributed by atoms with Gasteiger partial charge in [0.05, 0.1) is 12.3 Å². The van der Waals surface area contributed by atoms with Gasteiger partial charge in [-0.05, 0) is 31.9 Å². The van der Waals surface area contributed by atoms with Crippen LogP contribution >= 0.6 is 0 Å². The molecule has 19 heavy (non-hydrogen) atoms. The molecule has 4 nitrogen and oxygen atoms in total. The lowest BCUT2D eigenvalue weighted by Gasteiger charge is -2.05. The van der Waals surface area contributed by atoms with Gasteiger partial charge >= 0.3 is 5.97 Å². The van der Waals surface area contributed by atoms with Crippen molar-refractivity contribution in [2.75, 3.05) is 6.61 Å². The molecule has 0 saturated heterocycles. The highest BCUT2D eigenvalue weighted by atomic mass is 19.1. The minimum absolute atomic E-state index is 0.300. The maximum atomic E-state index is 13.5. The molecule has 2 aromatic heterocycles. The summed E-state index contributed by atoms with van der Waals surface area (Å²) in [4.78, 5) is 16.3. The summed E-state index contributed by atoms with van der Waals surface area (Å²) in [6, 6.07) is 1.40. The van der Waals surface area contributed by atoms with Crippen molar-refractivity contribution in [3.63, 3.8) is 0 Å². The van der Waals surface area contributed by atoms with Gasteiger partial charge in [0, 0.05) is 6.20 Å². The molecule has 2 aromatic rings. The van der Waals surface area contributed by atoms with Crippen LogP contribution in [-0.4, -0.2) is 22.0 Å². The second-order valence-corrected chi connectivity index (χ2v) is 4.57. The number of unbranched alkanes of at least 4 members (excludes halogenated alkanes) is 1. The fraction of sp³-hybridized carbons (Fsp3) is 0.429. The number of hydrogen-bond acceptors (Lipinski definition) is 3. The van der Waals surface area contributed by atoms with Crippen LogP contribution in [0.25, 0.3) is 5.65 Å². The largest absolute Gasteiger partial charge is 0.461 e. The van der Waals surface area contributed by atoms with Crippen molar-refractivity contribution in [2.24, 2.45) is 0 Å². The first kappa shape index (κ1) is 13.5.